The van der Waals surface area contributed by atoms with Gasteiger partial charge in [0.05, 0.1) is 17.3 Å². The van der Waals surface area contributed by atoms with Crippen LogP contribution in [0.1, 0.15) is 31.1 Å². The summed E-state index contributed by atoms with van der Waals surface area (Å²) >= 11 is 0. The molecule has 7 heteroatoms. The predicted molar refractivity (Wildman–Crippen MR) is 120 cm³/mol. The molecular weight excluding hydrogens is 394 g/mol. The number of rotatable bonds is 7. The number of fused-ring (bicyclic) bond motifs is 1. The smallest absolute Gasteiger partial charge is 0.326 e. The van der Waals surface area contributed by atoms with Gasteiger partial charge in [0.15, 0.2) is 5.76 Å². The molecule has 0 spiro atoms. The van der Waals surface area contributed by atoms with E-state index in [-0.39, 0.29) is 12.5 Å². The first-order valence-corrected chi connectivity index (χ1v) is 10.2. The number of pyridine rings is 1. The fraction of sp³-hybridized carbons (Fsp3) is 0.375. The third-order valence-electron chi connectivity index (χ3n) is 4.56. The van der Waals surface area contributed by atoms with Gasteiger partial charge in [0.25, 0.3) is 5.91 Å². The summed E-state index contributed by atoms with van der Waals surface area (Å²) in [6.45, 7) is 6.30. The van der Waals surface area contributed by atoms with Gasteiger partial charge in [-0.2, -0.15) is 0 Å². The molecule has 2 aromatic heterocycles. The van der Waals surface area contributed by atoms with Gasteiger partial charge in [-0.25, -0.2) is 4.98 Å². The molecule has 0 atom stereocenters. The van der Waals surface area contributed by atoms with E-state index in [0.29, 0.717) is 35.6 Å². The van der Waals surface area contributed by atoms with Gasteiger partial charge in [0.1, 0.15) is 17.8 Å². The molecule has 1 amide bonds. The number of hydrogen-bond donors (Lipinski definition) is 0. The molecule has 7 nitrogen and oxygen atoms in total. The normalized spacial score (nSPS) is 11.7. The summed E-state index contributed by atoms with van der Waals surface area (Å²) in [4.78, 5) is 34.3. The molecule has 0 saturated heterocycles. The first kappa shape index (κ1) is 22.5. The Morgan fingerprint density at radius 3 is 2.45 bits per heavy atom. The van der Waals surface area contributed by atoms with Crippen LogP contribution in [0.25, 0.3) is 22.4 Å². The number of likely N-dealkylation sites (N-methyl/N-ethyl adjacent to an activating group) is 1. The van der Waals surface area contributed by atoms with Crippen molar-refractivity contribution in [2.24, 2.45) is 0 Å². The minimum atomic E-state index is -0.622. The lowest BCUT2D eigenvalue weighted by Crippen LogP contribution is -2.42. The van der Waals surface area contributed by atoms with Crippen molar-refractivity contribution in [2.45, 2.75) is 26.4 Å². The molecule has 0 saturated carbocycles. The maximum absolute atomic E-state index is 13.6. The summed E-state index contributed by atoms with van der Waals surface area (Å²) in [5, 5.41) is 0.724. The first-order chi connectivity index (χ1) is 14.6. The van der Waals surface area contributed by atoms with Crippen molar-refractivity contribution in [1.29, 1.82) is 0 Å². The van der Waals surface area contributed by atoms with Crippen LogP contribution in [0.5, 0.6) is 0 Å². The van der Waals surface area contributed by atoms with Crippen molar-refractivity contribution in [1.82, 2.24) is 14.8 Å². The second kappa shape index (κ2) is 9.31. The molecule has 0 aliphatic rings. The molecule has 0 aliphatic carbocycles. The van der Waals surface area contributed by atoms with Crippen molar-refractivity contribution in [3.05, 3.63) is 54.3 Å². The maximum Gasteiger partial charge on any atom is 0.326 e. The minimum Gasteiger partial charge on any atom is -0.463 e. The molecule has 2 heterocycles. The molecule has 0 aliphatic heterocycles. The number of amides is 1. The average Bonchev–Trinajstić information content (AvgIpc) is 3.23. The van der Waals surface area contributed by atoms with Crippen LogP contribution < -0.4 is 0 Å². The van der Waals surface area contributed by atoms with Crippen molar-refractivity contribution < 1.29 is 18.7 Å². The summed E-state index contributed by atoms with van der Waals surface area (Å²) in [5.41, 5.74) is 1.10. The van der Waals surface area contributed by atoms with Gasteiger partial charge < -0.3 is 19.0 Å². The van der Waals surface area contributed by atoms with Gasteiger partial charge in [0, 0.05) is 18.5 Å². The number of carbonyl (C=O) groups excluding carboxylic acids is 2. The van der Waals surface area contributed by atoms with Gasteiger partial charge >= 0.3 is 5.97 Å². The highest BCUT2D eigenvalue weighted by molar-refractivity contribution is 6.07. The summed E-state index contributed by atoms with van der Waals surface area (Å²) < 4.78 is 11.0. The Balaban J connectivity index is 2.00. The predicted octanol–water partition coefficient (Wildman–Crippen LogP) is 3.84. The number of furan rings is 1. The molecule has 0 fully saturated rings. The van der Waals surface area contributed by atoms with E-state index in [4.69, 9.17) is 9.15 Å². The van der Waals surface area contributed by atoms with Crippen LogP contribution in [0.3, 0.4) is 0 Å². The number of esters is 1. The molecular formula is C24H29N3O4. The SMILES string of the molecule is CN(C)CCN(CC(=O)OC(C)(C)C)C(=O)c1cc(-c2ccco2)nc2ccccc12. The van der Waals surface area contributed by atoms with Gasteiger partial charge in [-0.15, -0.1) is 0 Å². The van der Waals surface area contributed by atoms with Crippen LogP contribution in [0.15, 0.2) is 53.1 Å². The average molecular weight is 424 g/mol. The van der Waals surface area contributed by atoms with Crippen LogP contribution >= 0.6 is 0 Å². The van der Waals surface area contributed by atoms with E-state index < -0.39 is 11.6 Å². The minimum absolute atomic E-state index is 0.128. The maximum atomic E-state index is 13.6. The van der Waals surface area contributed by atoms with E-state index in [1.54, 1.807) is 24.5 Å². The molecule has 31 heavy (non-hydrogen) atoms. The van der Waals surface area contributed by atoms with Gasteiger partial charge in [0.2, 0.25) is 0 Å². The number of para-hydroxylation sites is 1. The largest absolute Gasteiger partial charge is 0.463 e. The van der Waals surface area contributed by atoms with Crippen molar-refractivity contribution in [2.75, 3.05) is 33.7 Å². The van der Waals surface area contributed by atoms with E-state index in [2.05, 4.69) is 4.98 Å². The highest BCUT2D eigenvalue weighted by Crippen LogP contribution is 2.26. The van der Waals surface area contributed by atoms with Crippen molar-refractivity contribution >= 4 is 22.8 Å². The molecule has 3 aromatic rings. The zero-order valence-electron chi connectivity index (χ0n) is 18.7. The van der Waals surface area contributed by atoms with Gasteiger partial charge in [-0.05, 0) is 59.1 Å². The van der Waals surface area contributed by atoms with E-state index in [9.17, 15) is 9.59 Å². The fourth-order valence-electron chi connectivity index (χ4n) is 3.18. The lowest BCUT2D eigenvalue weighted by molar-refractivity contribution is -0.155. The number of aromatic nitrogens is 1. The highest BCUT2D eigenvalue weighted by atomic mass is 16.6. The molecule has 0 bridgehead atoms. The Hall–Kier alpha value is -3.19. The van der Waals surface area contributed by atoms with Crippen molar-refractivity contribution in [3.63, 3.8) is 0 Å². The Morgan fingerprint density at radius 2 is 1.81 bits per heavy atom. The number of ether oxygens (including phenoxy) is 1. The van der Waals surface area contributed by atoms with Crippen LogP contribution in [-0.4, -0.2) is 66.0 Å². The molecule has 3 rings (SSSR count). The lowest BCUT2D eigenvalue weighted by Gasteiger charge is -2.26. The standard InChI is InChI=1S/C24H29N3O4/c1-24(2,3)31-22(28)16-27(13-12-26(4)5)23(29)18-15-20(21-11-8-14-30-21)25-19-10-7-6-9-17(18)19/h6-11,14-15H,12-13,16H2,1-5H3. The summed E-state index contributed by atoms with van der Waals surface area (Å²) in [5.74, 6) is -0.116. The van der Waals surface area contributed by atoms with Crippen LogP contribution in [0.4, 0.5) is 0 Å². The Morgan fingerprint density at radius 1 is 1.06 bits per heavy atom. The lowest BCUT2D eigenvalue weighted by atomic mass is 10.1. The molecule has 0 N–H and O–H groups in total. The second-order valence-corrected chi connectivity index (χ2v) is 8.67. The Labute approximate surface area is 182 Å². The summed E-state index contributed by atoms with van der Waals surface area (Å²) in [6.07, 6.45) is 1.57. The zero-order valence-corrected chi connectivity index (χ0v) is 18.7. The Kier molecular flexibility index (Phi) is 6.75. The third kappa shape index (κ3) is 5.92. The van der Waals surface area contributed by atoms with Crippen LogP contribution in [-0.2, 0) is 9.53 Å². The van der Waals surface area contributed by atoms with E-state index in [1.807, 2.05) is 64.0 Å². The quantitative estimate of drug-likeness (QED) is 0.538. The highest BCUT2D eigenvalue weighted by Gasteiger charge is 2.25. The van der Waals surface area contributed by atoms with E-state index >= 15 is 0 Å². The molecule has 0 unspecified atom stereocenters. The van der Waals surface area contributed by atoms with Gasteiger partial charge in [-0.3, -0.25) is 9.59 Å². The van der Waals surface area contributed by atoms with Gasteiger partial charge in [-0.1, -0.05) is 18.2 Å². The number of carbonyl (C=O) groups is 2. The van der Waals surface area contributed by atoms with Crippen molar-refractivity contribution in [3.8, 4) is 11.5 Å². The molecule has 0 radical (unpaired) electrons. The third-order valence-corrected chi connectivity index (χ3v) is 4.56. The van der Waals surface area contributed by atoms with E-state index in [0.717, 1.165) is 5.39 Å². The molecule has 1 aromatic carbocycles. The topological polar surface area (TPSA) is 75.9 Å². The number of benzene rings is 1. The summed E-state index contributed by atoms with van der Waals surface area (Å²) in [7, 11) is 3.85. The second-order valence-electron chi connectivity index (χ2n) is 8.67. The Bertz CT molecular complexity index is 1050. The first-order valence-electron chi connectivity index (χ1n) is 10.2. The van der Waals surface area contributed by atoms with E-state index in [1.165, 1.54) is 4.90 Å². The monoisotopic (exact) mass is 423 g/mol. The summed E-state index contributed by atoms with van der Waals surface area (Å²) in [6, 6.07) is 12.8. The number of hydrogen-bond acceptors (Lipinski definition) is 6. The zero-order chi connectivity index (χ0) is 22.6. The van der Waals surface area contributed by atoms with Crippen LogP contribution in [0, 0.1) is 0 Å². The van der Waals surface area contributed by atoms with Crippen LogP contribution in [0.2, 0.25) is 0 Å². The number of nitrogens with zero attached hydrogens (tertiary/aromatic N) is 3. The fourth-order valence-corrected chi connectivity index (χ4v) is 3.18. The molecule has 164 valence electrons.